The molecule has 0 bridgehead atoms. The molecule has 2 heterocycles. The van der Waals surface area contributed by atoms with E-state index in [1.807, 2.05) is 11.0 Å². The maximum absolute atomic E-state index is 11.8. The van der Waals surface area contributed by atoms with Gasteiger partial charge in [0.25, 0.3) is 0 Å². The van der Waals surface area contributed by atoms with Gasteiger partial charge in [-0.05, 0) is 31.2 Å². The van der Waals surface area contributed by atoms with Gasteiger partial charge >= 0.3 is 5.97 Å². The number of carbonyl (C=O) groups excluding carboxylic acids is 1. The minimum atomic E-state index is -0.404. The maximum atomic E-state index is 11.8. The summed E-state index contributed by atoms with van der Waals surface area (Å²) in [4.78, 5) is 18.1. The molecule has 0 amide bonds. The first kappa shape index (κ1) is 17.5. The molecule has 0 spiro atoms. The van der Waals surface area contributed by atoms with Crippen LogP contribution in [-0.2, 0) is 16.1 Å². The monoisotopic (exact) mass is 362 g/mol. The van der Waals surface area contributed by atoms with Gasteiger partial charge in [0.1, 0.15) is 12.6 Å². The molecule has 25 heavy (non-hydrogen) atoms. The van der Waals surface area contributed by atoms with Crippen LogP contribution in [0.25, 0.3) is 11.3 Å². The van der Waals surface area contributed by atoms with Gasteiger partial charge in [-0.25, -0.2) is 0 Å². The van der Waals surface area contributed by atoms with Crippen molar-refractivity contribution in [2.45, 2.75) is 19.5 Å². The number of aromatic hydroxyl groups is 1. The van der Waals surface area contributed by atoms with Gasteiger partial charge in [-0.3, -0.25) is 14.7 Å². The van der Waals surface area contributed by atoms with Crippen molar-refractivity contribution in [3.05, 3.63) is 41.0 Å². The topological polar surface area (TPSA) is 71.9 Å². The molecule has 6 nitrogen and oxygen atoms in total. The van der Waals surface area contributed by atoms with E-state index in [9.17, 15) is 9.90 Å². The highest BCUT2D eigenvalue weighted by atomic mass is 35.5. The minimum absolute atomic E-state index is 0.0526. The van der Waals surface area contributed by atoms with E-state index < -0.39 is 6.04 Å². The first-order valence-corrected chi connectivity index (χ1v) is 8.30. The number of halogens is 1. The normalized spacial score (nSPS) is 15.6. The molecule has 1 aromatic carbocycles. The van der Waals surface area contributed by atoms with Crippen molar-refractivity contribution in [2.24, 2.45) is 0 Å². The predicted molar refractivity (Wildman–Crippen MR) is 93.7 cm³/mol. The van der Waals surface area contributed by atoms with Crippen LogP contribution in [0.4, 0.5) is 0 Å². The van der Waals surface area contributed by atoms with Crippen LogP contribution in [0.3, 0.4) is 0 Å². The third kappa shape index (κ3) is 3.70. The highest BCUT2D eigenvalue weighted by Gasteiger charge is 2.27. The Morgan fingerprint density at radius 2 is 2.24 bits per heavy atom. The Hall–Kier alpha value is -2.31. The molecule has 7 heteroatoms. The lowest BCUT2D eigenvalue weighted by molar-refractivity contribution is -0.146. The Kier molecular flexibility index (Phi) is 5.11. The summed E-state index contributed by atoms with van der Waals surface area (Å²) < 4.78 is 10.5. The van der Waals surface area contributed by atoms with Crippen molar-refractivity contribution < 1.29 is 19.4 Å². The van der Waals surface area contributed by atoms with Crippen LogP contribution < -0.4 is 4.74 Å². The molecular weight excluding hydrogens is 344 g/mol. The second kappa shape index (κ2) is 7.29. The van der Waals surface area contributed by atoms with Crippen LogP contribution in [0.1, 0.15) is 12.5 Å². The van der Waals surface area contributed by atoms with Gasteiger partial charge in [0.2, 0.25) is 0 Å². The molecule has 3 rings (SSSR count). The number of methoxy groups -OCH3 is 1. The second-order valence-corrected chi connectivity index (χ2v) is 6.30. The zero-order valence-corrected chi connectivity index (χ0v) is 14.8. The summed E-state index contributed by atoms with van der Waals surface area (Å²) in [6.45, 7) is 3.18. The SMILES string of the molecule is COC(=O)[C@H](C)N1CCOc2c(O)cc(-c3ccc(Cl)cn3)cc2C1. The standard InChI is InChI=1S/C18H19ClN2O4/c1-11(18(23)24-2)21-5-6-25-17-13(10-21)7-12(8-16(17)22)15-4-3-14(19)9-20-15/h3-4,7-9,11,22H,5-6,10H2,1-2H3/t11-/m0/s1. The van der Waals surface area contributed by atoms with E-state index >= 15 is 0 Å². The predicted octanol–water partition coefficient (Wildman–Crippen LogP) is 2.86. The van der Waals surface area contributed by atoms with E-state index in [2.05, 4.69) is 4.98 Å². The largest absolute Gasteiger partial charge is 0.504 e. The van der Waals surface area contributed by atoms with E-state index in [1.54, 1.807) is 31.3 Å². The Labute approximate surface area is 151 Å². The molecule has 0 saturated carbocycles. The molecule has 0 radical (unpaired) electrons. The molecule has 1 atom stereocenters. The summed E-state index contributed by atoms with van der Waals surface area (Å²) in [5, 5.41) is 10.9. The van der Waals surface area contributed by atoms with E-state index in [0.717, 1.165) is 11.1 Å². The van der Waals surface area contributed by atoms with Gasteiger partial charge in [0, 0.05) is 30.4 Å². The van der Waals surface area contributed by atoms with Crippen molar-refractivity contribution in [2.75, 3.05) is 20.3 Å². The molecule has 0 unspecified atom stereocenters. The lowest BCUT2D eigenvalue weighted by Gasteiger charge is -2.24. The van der Waals surface area contributed by atoms with Gasteiger partial charge in [0.05, 0.1) is 17.8 Å². The molecule has 0 fully saturated rings. The van der Waals surface area contributed by atoms with Gasteiger partial charge in [-0.15, -0.1) is 0 Å². The zero-order valence-electron chi connectivity index (χ0n) is 14.0. The number of pyridine rings is 1. The Balaban J connectivity index is 1.96. The molecule has 1 aromatic heterocycles. The second-order valence-electron chi connectivity index (χ2n) is 5.86. The lowest BCUT2D eigenvalue weighted by Crippen LogP contribution is -2.40. The Morgan fingerprint density at radius 1 is 1.44 bits per heavy atom. The number of rotatable bonds is 3. The number of phenols is 1. The number of hydrogen-bond acceptors (Lipinski definition) is 6. The van der Waals surface area contributed by atoms with Gasteiger partial charge in [-0.2, -0.15) is 0 Å². The quantitative estimate of drug-likeness (QED) is 0.846. The van der Waals surface area contributed by atoms with Crippen LogP contribution >= 0.6 is 11.6 Å². The first-order chi connectivity index (χ1) is 12.0. The summed E-state index contributed by atoms with van der Waals surface area (Å²) in [5.41, 5.74) is 2.24. The van der Waals surface area contributed by atoms with Crippen molar-refractivity contribution in [1.82, 2.24) is 9.88 Å². The van der Waals surface area contributed by atoms with E-state index in [-0.39, 0.29) is 11.7 Å². The number of phenolic OH excluding ortho intramolecular Hbond substituents is 1. The van der Waals surface area contributed by atoms with Crippen LogP contribution in [0.2, 0.25) is 5.02 Å². The third-order valence-corrected chi connectivity index (χ3v) is 4.48. The van der Waals surface area contributed by atoms with E-state index in [1.165, 1.54) is 7.11 Å². The third-order valence-electron chi connectivity index (χ3n) is 4.26. The van der Waals surface area contributed by atoms with Crippen LogP contribution in [-0.4, -0.2) is 47.3 Å². The fraction of sp³-hybridized carbons (Fsp3) is 0.333. The molecule has 1 aliphatic rings. The Bertz CT molecular complexity index is 779. The van der Waals surface area contributed by atoms with E-state index in [0.29, 0.717) is 36.2 Å². The molecular formula is C18H19ClN2O4. The summed E-state index contributed by atoms with van der Waals surface area (Å²) in [7, 11) is 1.37. The number of aromatic nitrogens is 1. The molecule has 0 saturated heterocycles. The van der Waals surface area contributed by atoms with Crippen LogP contribution in [0.15, 0.2) is 30.5 Å². The number of nitrogens with zero attached hydrogens (tertiary/aromatic N) is 2. The highest BCUT2D eigenvalue weighted by Crippen LogP contribution is 2.37. The Morgan fingerprint density at radius 3 is 2.92 bits per heavy atom. The number of fused-ring (bicyclic) bond motifs is 1. The number of benzene rings is 1. The van der Waals surface area contributed by atoms with Crippen molar-refractivity contribution in [1.29, 1.82) is 0 Å². The average Bonchev–Trinajstić information content (AvgIpc) is 2.83. The zero-order chi connectivity index (χ0) is 18.0. The fourth-order valence-electron chi connectivity index (χ4n) is 2.86. The number of carbonyl (C=O) groups is 1. The molecule has 1 N–H and O–H groups in total. The van der Waals surface area contributed by atoms with Crippen LogP contribution in [0, 0.1) is 0 Å². The number of esters is 1. The van der Waals surface area contributed by atoms with Crippen LogP contribution in [0.5, 0.6) is 11.5 Å². The van der Waals surface area contributed by atoms with Crippen molar-refractivity contribution >= 4 is 17.6 Å². The maximum Gasteiger partial charge on any atom is 0.322 e. The molecule has 1 aliphatic heterocycles. The summed E-state index contributed by atoms with van der Waals surface area (Å²) in [6.07, 6.45) is 1.56. The minimum Gasteiger partial charge on any atom is -0.504 e. The number of hydrogen-bond donors (Lipinski definition) is 1. The van der Waals surface area contributed by atoms with Gasteiger partial charge < -0.3 is 14.6 Å². The molecule has 0 aliphatic carbocycles. The highest BCUT2D eigenvalue weighted by molar-refractivity contribution is 6.30. The van der Waals surface area contributed by atoms with Gasteiger partial charge in [0.15, 0.2) is 11.5 Å². The van der Waals surface area contributed by atoms with Crippen molar-refractivity contribution in [3.63, 3.8) is 0 Å². The summed E-state index contributed by atoms with van der Waals surface area (Å²) in [5.74, 6) is 0.192. The first-order valence-electron chi connectivity index (χ1n) is 7.92. The average molecular weight is 363 g/mol. The summed E-state index contributed by atoms with van der Waals surface area (Å²) >= 11 is 5.88. The smallest absolute Gasteiger partial charge is 0.322 e. The van der Waals surface area contributed by atoms with Crippen molar-refractivity contribution in [3.8, 4) is 22.8 Å². The van der Waals surface area contributed by atoms with Gasteiger partial charge in [-0.1, -0.05) is 11.6 Å². The summed E-state index contributed by atoms with van der Waals surface area (Å²) in [6, 6.07) is 6.66. The fourth-order valence-corrected chi connectivity index (χ4v) is 2.98. The lowest BCUT2D eigenvalue weighted by atomic mass is 10.0. The molecule has 2 aromatic rings. The van der Waals surface area contributed by atoms with E-state index in [4.69, 9.17) is 21.1 Å². The number of ether oxygens (including phenoxy) is 2. The molecule has 132 valence electrons.